The topological polar surface area (TPSA) is 57.6 Å². The van der Waals surface area contributed by atoms with Gasteiger partial charge in [-0.05, 0) is 39.3 Å². The minimum atomic E-state index is -0.879. The molecule has 1 rings (SSSR count). The molecule has 0 spiro atoms. The van der Waals surface area contributed by atoms with Gasteiger partial charge in [-0.1, -0.05) is 17.7 Å². The normalized spacial score (nSPS) is 12.0. The molecule has 21 heavy (non-hydrogen) atoms. The zero-order valence-electron chi connectivity index (χ0n) is 13.0. The maximum absolute atomic E-state index is 12.3. The Bertz CT molecular complexity index is 516. The molecule has 5 heteroatoms. The number of hydrogen-bond donors (Lipinski definition) is 1. The Morgan fingerprint density at radius 2 is 2.00 bits per heavy atom. The Kier molecular flexibility index (Phi) is 6.75. The maximum atomic E-state index is 12.3. The molecule has 4 nitrogen and oxygen atoms in total. The van der Waals surface area contributed by atoms with Gasteiger partial charge in [-0.15, -0.1) is 11.8 Å². The number of hydrogen-bond acceptors (Lipinski definition) is 3. The molecule has 1 amide bonds. The lowest BCUT2D eigenvalue weighted by Gasteiger charge is -2.27. The molecule has 0 aliphatic heterocycles. The summed E-state index contributed by atoms with van der Waals surface area (Å²) in [5, 5.41) is 8.84. The van der Waals surface area contributed by atoms with Crippen molar-refractivity contribution in [3.05, 3.63) is 29.3 Å². The molecule has 0 aliphatic rings. The molecule has 116 valence electrons. The van der Waals surface area contributed by atoms with Crippen LogP contribution in [0.2, 0.25) is 0 Å². The molecule has 1 unspecified atom stereocenters. The zero-order chi connectivity index (χ0) is 16.0. The number of aliphatic carboxylic acids is 1. The number of carboxylic acid groups (broad SMARTS) is 1. The Hall–Kier alpha value is -1.49. The largest absolute Gasteiger partial charge is 0.481 e. The first kappa shape index (κ1) is 17.6. The quantitative estimate of drug-likeness (QED) is 0.786. The van der Waals surface area contributed by atoms with E-state index in [1.54, 1.807) is 11.8 Å². The average Bonchev–Trinajstić information content (AvgIpc) is 2.39. The van der Waals surface area contributed by atoms with E-state index in [1.807, 2.05) is 26.8 Å². The van der Waals surface area contributed by atoms with Crippen LogP contribution >= 0.6 is 11.8 Å². The highest BCUT2D eigenvalue weighted by Gasteiger charge is 2.20. The Morgan fingerprint density at radius 3 is 2.57 bits per heavy atom. The second-order valence-corrected chi connectivity index (χ2v) is 6.20. The number of nitrogens with zero attached hydrogens (tertiary/aromatic N) is 1. The standard InChI is InChI=1S/C16H23NO3S/c1-5-17(13(4)9-16(19)20)15(18)10-21-14-8-11(2)6-7-12(14)3/h6-8,13H,5,9-10H2,1-4H3,(H,19,20). The summed E-state index contributed by atoms with van der Waals surface area (Å²) in [5.74, 6) is -0.560. The van der Waals surface area contributed by atoms with E-state index in [4.69, 9.17) is 5.11 Å². The van der Waals surface area contributed by atoms with Crippen LogP contribution in [0.3, 0.4) is 0 Å². The number of rotatable bonds is 7. The predicted octanol–water partition coefficient (Wildman–Crippen LogP) is 3.11. The van der Waals surface area contributed by atoms with E-state index < -0.39 is 5.97 Å². The van der Waals surface area contributed by atoms with Crippen molar-refractivity contribution in [2.45, 2.75) is 45.1 Å². The highest BCUT2D eigenvalue weighted by Crippen LogP contribution is 2.24. The van der Waals surface area contributed by atoms with Gasteiger partial charge in [0.1, 0.15) is 0 Å². The van der Waals surface area contributed by atoms with Crippen LogP contribution in [0, 0.1) is 13.8 Å². The lowest BCUT2D eigenvalue weighted by Crippen LogP contribution is -2.40. The van der Waals surface area contributed by atoms with Gasteiger partial charge >= 0.3 is 5.97 Å². The molecule has 1 aromatic rings. The monoisotopic (exact) mass is 309 g/mol. The molecule has 1 aromatic carbocycles. The van der Waals surface area contributed by atoms with Crippen molar-refractivity contribution in [2.24, 2.45) is 0 Å². The van der Waals surface area contributed by atoms with Crippen LogP contribution in [0.5, 0.6) is 0 Å². The fraction of sp³-hybridized carbons (Fsp3) is 0.500. The molecule has 0 bridgehead atoms. The van der Waals surface area contributed by atoms with Crippen LogP contribution in [-0.2, 0) is 9.59 Å². The highest BCUT2D eigenvalue weighted by atomic mass is 32.2. The van der Waals surface area contributed by atoms with Gasteiger partial charge in [0.25, 0.3) is 0 Å². The van der Waals surface area contributed by atoms with E-state index in [0.717, 1.165) is 10.5 Å². The summed E-state index contributed by atoms with van der Waals surface area (Å²) in [7, 11) is 0. The molecular weight excluding hydrogens is 286 g/mol. The van der Waals surface area contributed by atoms with Crippen LogP contribution in [0.15, 0.2) is 23.1 Å². The first-order chi connectivity index (χ1) is 9.85. The highest BCUT2D eigenvalue weighted by molar-refractivity contribution is 8.00. The first-order valence-corrected chi connectivity index (χ1v) is 8.05. The number of benzene rings is 1. The lowest BCUT2D eigenvalue weighted by molar-refractivity contribution is -0.139. The summed E-state index contributed by atoms with van der Waals surface area (Å²) in [6.45, 7) is 8.23. The van der Waals surface area contributed by atoms with Crippen molar-refractivity contribution in [3.8, 4) is 0 Å². The number of aryl methyl sites for hydroxylation is 2. The molecule has 0 fully saturated rings. The molecule has 1 N–H and O–H groups in total. The van der Waals surface area contributed by atoms with E-state index in [1.165, 1.54) is 17.3 Å². The Labute approximate surface area is 130 Å². The third-order valence-corrected chi connectivity index (χ3v) is 4.50. The smallest absolute Gasteiger partial charge is 0.305 e. The fourth-order valence-electron chi connectivity index (χ4n) is 2.18. The average molecular weight is 309 g/mol. The Morgan fingerprint density at radius 1 is 1.33 bits per heavy atom. The van der Waals surface area contributed by atoms with Gasteiger partial charge in [-0.25, -0.2) is 0 Å². The van der Waals surface area contributed by atoms with Gasteiger partial charge in [0.15, 0.2) is 0 Å². The minimum absolute atomic E-state index is 0.0165. The molecule has 0 saturated carbocycles. The summed E-state index contributed by atoms with van der Waals surface area (Å²) < 4.78 is 0. The van der Waals surface area contributed by atoms with Gasteiger partial charge in [0, 0.05) is 17.5 Å². The van der Waals surface area contributed by atoms with Crippen LogP contribution in [0.4, 0.5) is 0 Å². The van der Waals surface area contributed by atoms with Crippen molar-refractivity contribution >= 4 is 23.6 Å². The third kappa shape index (κ3) is 5.42. The van der Waals surface area contributed by atoms with E-state index >= 15 is 0 Å². The molecule has 0 saturated heterocycles. The maximum Gasteiger partial charge on any atom is 0.305 e. The van der Waals surface area contributed by atoms with E-state index in [0.29, 0.717) is 12.3 Å². The predicted molar refractivity (Wildman–Crippen MR) is 85.7 cm³/mol. The SMILES string of the molecule is CCN(C(=O)CSc1cc(C)ccc1C)C(C)CC(=O)O. The van der Waals surface area contributed by atoms with E-state index in [9.17, 15) is 9.59 Å². The van der Waals surface area contributed by atoms with Crippen molar-refractivity contribution in [2.75, 3.05) is 12.3 Å². The van der Waals surface area contributed by atoms with Crippen molar-refractivity contribution in [1.29, 1.82) is 0 Å². The van der Waals surface area contributed by atoms with Gasteiger partial charge < -0.3 is 10.0 Å². The molecule has 0 aliphatic carbocycles. The summed E-state index contributed by atoms with van der Waals surface area (Å²) in [4.78, 5) is 25.8. The minimum Gasteiger partial charge on any atom is -0.481 e. The Balaban J connectivity index is 2.66. The van der Waals surface area contributed by atoms with Crippen LogP contribution in [-0.4, -0.2) is 40.2 Å². The second kappa shape index (κ2) is 8.08. The number of carbonyl (C=O) groups excluding carboxylic acids is 1. The fourth-order valence-corrected chi connectivity index (χ4v) is 3.19. The number of amides is 1. The van der Waals surface area contributed by atoms with Crippen LogP contribution < -0.4 is 0 Å². The molecule has 0 aromatic heterocycles. The van der Waals surface area contributed by atoms with Gasteiger partial charge in [-0.2, -0.15) is 0 Å². The van der Waals surface area contributed by atoms with Crippen molar-refractivity contribution < 1.29 is 14.7 Å². The third-order valence-electron chi connectivity index (χ3n) is 3.36. The van der Waals surface area contributed by atoms with Gasteiger partial charge in [0.2, 0.25) is 5.91 Å². The molecule has 1 atom stereocenters. The molecule has 0 radical (unpaired) electrons. The molecular formula is C16H23NO3S. The first-order valence-electron chi connectivity index (χ1n) is 7.06. The summed E-state index contributed by atoms with van der Waals surface area (Å²) >= 11 is 1.51. The van der Waals surface area contributed by atoms with Crippen LogP contribution in [0.25, 0.3) is 0 Å². The van der Waals surface area contributed by atoms with E-state index in [2.05, 4.69) is 12.1 Å². The summed E-state index contributed by atoms with van der Waals surface area (Å²) in [6.07, 6.45) is -0.0201. The molecule has 0 heterocycles. The number of carbonyl (C=O) groups is 2. The lowest BCUT2D eigenvalue weighted by atomic mass is 10.2. The van der Waals surface area contributed by atoms with E-state index in [-0.39, 0.29) is 18.4 Å². The summed E-state index contributed by atoms with van der Waals surface area (Å²) in [5.41, 5.74) is 2.32. The van der Waals surface area contributed by atoms with Crippen molar-refractivity contribution in [3.63, 3.8) is 0 Å². The number of carboxylic acids is 1. The second-order valence-electron chi connectivity index (χ2n) is 5.18. The summed E-state index contributed by atoms with van der Waals surface area (Å²) in [6, 6.07) is 5.89. The number of thioether (sulfide) groups is 1. The van der Waals surface area contributed by atoms with Crippen LogP contribution in [0.1, 0.15) is 31.4 Å². The van der Waals surface area contributed by atoms with Gasteiger partial charge in [0.05, 0.1) is 12.2 Å². The van der Waals surface area contributed by atoms with Crippen molar-refractivity contribution in [1.82, 2.24) is 4.90 Å². The zero-order valence-corrected chi connectivity index (χ0v) is 13.9. The van der Waals surface area contributed by atoms with Gasteiger partial charge in [-0.3, -0.25) is 9.59 Å².